The monoisotopic (exact) mass is 308 g/mol. The number of fused-ring (bicyclic) bond motifs is 1. The molecule has 5 heteroatoms. The van der Waals surface area contributed by atoms with Crippen LogP contribution in [0.4, 0.5) is 5.69 Å². The lowest BCUT2D eigenvalue weighted by atomic mass is 10.0. The van der Waals surface area contributed by atoms with Crippen LogP contribution in [0.25, 0.3) is 0 Å². The van der Waals surface area contributed by atoms with Crippen LogP contribution in [0.1, 0.15) is 43.6 Å². The van der Waals surface area contributed by atoms with Gasteiger partial charge in [-0.05, 0) is 43.7 Å². The van der Waals surface area contributed by atoms with E-state index < -0.39 is 0 Å². The minimum atomic E-state index is -0.359. The van der Waals surface area contributed by atoms with Gasteiger partial charge in [0.15, 0.2) is 0 Å². The number of rotatable bonds is 3. The Labute approximate surface area is 133 Å². The number of benzene rings is 2. The number of imide groups is 1. The van der Waals surface area contributed by atoms with Crippen LogP contribution >= 0.6 is 0 Å². The molecule has 23 heavy (non-hydrogen) atoms. The van der Waals surface area contributed by atoms with Gasteiger partial charge in [0, 0.05) is 12.1 Å². The van der Waals surface area contributed by atoms with E-state index in [9.17, 15) is 14.4 Å². The zero-order valence-corrected chi connectivity index (χ0v) is 12.9. The highest BCUT2D eigenvalue weighted by atomic mass is 16.2. The first-order valence-corrected chi connectivity index (χ1v) is 7.42. The summed E-state index contributed by atoms with van der Waals surface area (Å²) in [5.41, 5.74) is 2.29. The molecule has 0 fully saturated rings. The first-order valence-electron chi connectivity index (χ1n) is 7.42. The van der Waals surface area contributed by atoms with Crippen LogP contribution in [-0.2, 0) is 0 Å². The lowest BCUT2D eigenvalue weighted by Gasteiger charge is -2.18. The van der Waals surface area contributed by atoms with Gasteiger partial charge >= 0.3 is 0 Å². The molecule has 0 aliphatic carbocycles. The molecule has 2 aromatic carbocycles. The highest BCUT2D eigenvalue weighted by molar-refractivity contribution is 6.34. The maximum Gasteiger partial charge on any atom is 0.266 e. The van der Waals surface area contributed by atoms with Gasteiger partial charge in [-0.1, -0.05) is 18.2 Å². The molecule has 1 aliphatic heterocycles. The zero-order valence-electron chi connectivity index (χ0n) is 12.9. The molecule has 0 spiro atoms. The van der Waals surface area contributed by atoms with Crippen molar-refractivity contribution in [1.82, 2.24) is 5.32 Å². The van der Waals surface area contributed by atoms with Crippen molar-refractivity contribution in [2.75, 3.05) is 11.4 Å². The number of nitrogens with one attached hydrogen (secondary N) is 1. The highest BCUT2D eigenvalue weighted by Gasteiger charge is 2.37. The van der Waals surface area contributed by atoms with Crippen molar-refractivity contribution in [2.45, 2.75) is 13.8 Å². The normalized spacial score (nSPS) is 13.2. The van der Waals surface area contributed by atoms with Gasteiger partial charge < -0.3 is 5.32 Å². The summed E-state index contributed by atoms with van der Waals surface area (Å²) in [5.74, 6) is -0.938. The van der Waals surface area contributed by atoms with Gasteiger partial charge in [0.1, 0.15) is 0 Å². The van der Waals surface area contributed by atoms with Crippen LogP contribution < -0.4 is 10.2 Å². The molecule has 0 aromatic heterocycles. The minimum absolute atomic E-state index is 0.219. The first kappa shape index (κ1) is 15.0. The standard InChI is InChI=1S/C18H16N2O3/c1-3-19-16(21)12-9-6-10-15(11(12)2)20-17(22)13-7-4-5-8-14(13)18(20)23/h4-10H,3H2,1-2H3,(H,19,21). The summed E-state index contributed by atoms with van der Waals surface area (Å²) < 4.78 is 0. The summed E-state index contributed by atoms with van der Waals surface area (Å²) in [6.07, 6.45) is 0. The van der Waals surface area contributed by atoms with Gasteiger partial charge in [-0.15, -0.1) is 0 Å². The topological polar surface area (TPSA) is 66.5 Å². The van der Waals surface area contributed by atoms with E-state index in [1.807, 2.05) is 6.92 Å². The molecule has 2 aromatic rings. The Balaban J connectivity index is 2.07. The molecule has 3 amide bonds. The van der Waals surface area contributed by atoms with Crippen molar-refractivity contribution in [3.63, 3.8) is 0 Å². The number of anilines is 1. The third kappa shape index (κ3) is 2.30. The number of amides is 3. The second-order valence-corrected chi connectivity index (χ2v) is 5.30. The van der Waals surface area contributed by atoms with Crippen molar-refractivity contribution in [3.05, 3.63) is 64.7 Å². The van der Waals surface area contributed by atoms with Gasteiger partial charge in [-0.2, -0.15) is 0 Å². The van der Waals surface area contributed by atoms with E-state index in [0.717, 1.165) is 4.90 Å². The molecular weight excluding hydrogens is 292 g/mol. The van der Waals surface area contributed by atoms with Crippen LogP contribution in [0.5, 0.6) is 0 Å². The average molecular weight is 308 g/mol. The van der Waals surface area contributed by atoms with E-state index >= 15 is 0 Å². The van der Waals surface area contributed by atoms with Crippen LogP contribution in [0.2, 0.25) is 0 Å². The predicted molar refractivity (Wildman–Crippen MR) is 86.8 cm³/mol. The quantitative estimate of drug-likeness (QED) is 0.886. The largest absolute Gasteiger partial charge is 0.352 e. The minimum Gasteiger partial charge on any atom is -0.352 e. The molecule has 0 saturated heterocycles. The Morgan fingerprint density at radius 2 is 1.61 bits per heavy atom. The Hall–Kier alpha value is -2.95. The Morgan fingerprint density at radius 3 is 2.17 bits per heavy atom. The molecule has 5 nitrogen and oxygen atoms in total. The van der Waals surface area contributed by atoms with E-state index in [4.69, 9.17) is 0 Å². The van der Waals surface area contributed by atoms with Gasteiger partial charge in [0.25, 0.3) is 17.7 Å². The van der Waals surface area contributed by atoms with E-state index in [1.54, 1.807) is 49.4 Å². The third-order valence-electron chi connectivity index (χ3n) is 3.92. The lowest BCUT2D eigenvalue weighted by Crippen LogP contribution is -2.31. The number of nitrogens with zero attached hydrogens (tertiary/aromatic N) is 1. The lowest BCUT2D eigenvalue weighted by molar-refractivity contribution is 0.0919. The zero-order chi connectivity index (χ0) is 16.6. The fourth-order valence-corrected chi connectivity index (χ4v) is 2.78. The summed E-state index contributed by atoms with van der Waals surface area (Å²) >= 11 is 0. The smallest absolute Gasteiger partial charge is 0.266 e. The molecule has 0 radical (unpaired) electrons. The van der Waals surface area contributed by atoms with Crippen molar-refractivity contribution in [2.24, 2.45) is 0 Å². The summed E-state index contributed by atoms with van der Waals surface area (Å²) in [4.78, 5) is 38.4. The van der Waals surface area contributed by atoms with Gasteiger partial charge in [0.2, 0.25) is 0 Å². The number of carbonyl (C=O) groups is 3. The van der Waals surface area contributed by atoms with Crippen LogP contribution in [0.3, 0.4) is 0 Å². The number of carbonyl (C=O) groups excluding carboxylic acids is 3. The molecule has 0 unspecified atom stereocenters. The van der Waals surface area contributed by atoms with Crippen LogP contribution in [-0.4, -0.2) is 24.3 Å². The fraction of sp³-hybridized carbons (Fsp3) is 0.167. The maximum atomic E-state index is 12.6. The second kappa shape index (κ2) is 5.68. The molecule has 1 heterocycles. The molecule has 0 bridgehead atoms. The number of hydrogen-bond donors (Lipinski definition) is 1. The van der Waals surface area contributed by atoms with Gasteiger partial charge in [-0.25, -0.2) is 4.90 Å². The van der Waals surface area contributed by atoms with Crippen molar-refractivity contribution >= 4 is 23.4 Å². The van der Waals surface area contributed by atoms with E-state index in [0.29, 0.717) is 34.5 Å². The van der Waals surface area contributed by atoms with Crippen molar-refractivity contribution in [3.8, 4) is 0 Å². The van der Waals surface area contributed by atoms with Crippen LogP contribution in [0, 0.1) is 6.92 Å². The van der Waals surface area contributed by atoms with Crippen molar-refractivity contribution < 1.29 is 14.4 Å². The SMILES string of the molecule is CCNC(=O)c1cccc(N2C(=O)c3ccccc3C2=O)c1C. The highest BCUT2D eigenvalue weighted by Crippen LogP contribution is 2.31. The molecule has 0 atom stereocenters. The molecular formula is C18H16N2O3. The number of hydrogen-bond acceptors (Lipinski definition) is 3. The average Bonchev–Trinajstić information content (AvgIpc) is 2.80. The predicted octanol–water partition coefficient (Wildman–Crippen LogP) is 2.55. The molecule has 1 N–H and O–H groups in total. The van der Waals surface area contributed by atoms with Gasteiger partial charge in [0.05, 0.1) is 16.8 Å². The molecule has 3 rings (SSSR count). The molecule has 116 valence electrons. The van der Waals surface area contributed by atoms with E-state index in [1.165, 1.54) is 0 Å². The van der Waals surface area contributed by atoms with E-state index in [2.05, 4.69) is 5.32 Å². The summed E-state index contributed by atoms with van der Waals surface area (Å²) in [7, 11) is 0. The third-order valence-corrected chi connectivity index (χ3v) is 3.92. The maximum absolute atomic E-state index is 12.6. The Kier molecular flexibility index (Phi) is 3.70. The van der Waals surface area contributed by atoms with E-state index in [-0.39, 0.29) is 17.7 Å². The summed E-state index contributed by atoms with van der Waals surface area (Å²) in [6, 6.07) is 11.8. The summed E-state index contributed by atoms with van der Waals surface area (Å²) in [5, 5.41) is 2.73. The molecule has 1 aliphatic rings. The fourth-order valence-electron chi connectivity index (χ4n) is 2.78. The van der Waals surface area contributed by atoms with Crippen LogP contribution in [0.15, 0.2) is 42.5 Å². The molecule has 0 saturated carbocycles. The second-order valence-electron chi connectivity index (χ2n) is 5.30. The first-order chi connectivity index (χ1) is 11.1. The Bertz CT molecular complexity index is 792. The van der Waals surface area contributed by atoms with Crippen molar-refractivity contribution in [1.29, 1.82) is 0 Å². The Morgan fingerprint density at radius 1 is 1.00 bits per heavy atom. The van der Waals surface area contributed by atoms with Gasteiger partial charge in [-0.3, -0.25) is 14.4 Å². The summed E-state index contributed by atoms with van der Waals surface area (Å²) in [6.45, 7) is 4.08.